The summed E-state index contributed by atoms with van der Waals surface area (Å²) in [5, 5.41) is 7.52. The fourth-order valence-corrected chi connectivity index (χ4v) is 4.66. The molecule has 2 atom stereocenters. The number of anilines is 1. The van der Waals surface area contributed by atoms with E-state index in [9.17, 15) is 14.4 Å². The van der Waals surface area contributed by atoms with Crippen LogP contribution in [0.25, 0.3) is 10.8 Å². The summed E-state index contributed by atoms with van der Waals surface area (Å²) in [4.78, 5) is 45.5. The van der Waals surface area contributed by atoms with E-state index >= 15 is 0 Å². The van der Waals surface area contributed by atoms with Crippen molar-refractivity contribution < 1.29 is 19.1 Å². The molecule has 0 unspecified atom stereocenters. The average molecular weight is 518 g/mol. The number of rotatable bonds is 6. The van der Waals surface area contributed by atoms with Crippen molar-refractivity contribution in [2.75, 3.05) is 12.3 Å². The van der Waals surface area contributed by atoms with Crippen molar-refractivity contribution in [3.05, 3.63) is 71.9 Å². The standard InChI is InChI=1S/C29H35N5O4/c1-29(2,3)38-28(37)33-24(20-9-5-4-6-10-20)27(36)34-16-8-7-11-23(34)26(35)32-18-19-12-13-22-21(17-19)14-15-31-25(22)30/h4-6,9-10,12-15,17,23-24H,7-8,11,16,18H2,1-3H3,(H2,30,31)(H,32,35)(H,33,37)/t23-,24+/m0/s1. The van der Waals surface area contributed by atoms with Crippen LogP contribution in [0.5, 0.6) is 0 Å². The molecule has 1 fully saturated rings. The zero-order valence-electron chi connectivity index (χ0n) is 22.1. The first-order chi connectivity index (χ1) is 18.1. The molecule has 1 aliphatic heterocycles. The Morgan fingerprint density at radius 3 is 2.61 bits per heavy atom. The van der Waals surface area contributed by atoms with E-state index in [-0.39, 0.29) is 11.8 Å². The number of benzene rings is 2. The van der Waals surface area contributed by atoms with Gasteiger partial charge < -0.3 is 26.0 Å². The van der Waals surface area contributed by atoms with Crippen molar-refractivity contribution in [3.8, 4) is 0 Å². The van der Waals surface area contributed by atoms with E-state index in [2.05, 4.69) is 15.6 Å². The molecule has 4 rings (SSSR count). The number of hydrogen-bond donors (Lipinski definition) is 3. The monoisotopic (exact) mass is 517 g/mol. The van der Waals surface area contributed by atoms with Crippen LogP contribution in [0, 0.1) is 0 Å². The summed E-state index contributed by atoms with van der Waals surface area (Å²) < 4.78 is 5.42. The number of hydrogen-bond acceptors (Lipinski definition) is 6. The molecule has 2 heterocycles. The van der Waals surface area contributed by atoms with Gasteiger partial charge in [-0.3, -0.25) is 9.59 Å². The molecule has 3 amide bonds. The molecule has 9 heteroatoms. The Labute approximate surface area is 222 Å². The SMILES string of the molecule is CC(C)(C)OC(=O)N[C@@H](C(=O)N1CCCC[C@H]1C(=O)NCc1ccc2c(N)nccc2c1)c1ccccc1. The number of pyridine rings is 1. The third kappa shape index (κ3) is 6.59. The van der Waals surface area contributed by atoms with Gasteiger partial charge in [0.15, 0.2) is 0 Å². The molecular weight excluding hydrogens is 482 g/mol. The molecular formula is C29H35N5O4. The van der Waals surface area contributed by atoms with Crippen LogP contribution >= 0.6 is 0 Å². The quantitative estimate of drug-likeness (QED) is 0.452. The van der Waals surface area contributed by atoms with Crippen LogP contribution in [0.3, 0.4) is 0 Å². The number of alkyl carbamates (subject to hydrolysis) is 1. The second-order valence-electron chi connectivity index (χ2n) is 10.5. The lowest BCUT2D eigenvalue weighted by molar-refractivity contribution is -0.144. The first-order valence-corrected chi connectivity index (χ1v) is 12.9. The van der Waals surface area contributed by atoms with Crippen LogP contribution in [-0.2, 0) is 20.9 Å². The van der Waals surface area contributed by atoms with Crippen LogP contribution in [-0.4, -0.2) is 46.0 Å². The number of nitrogen functional groups attached to an aromatic ring is 1. The van der Waals surface area contributed by atoms with Gasteiger partial charge in [-0.05, 0) is 68.7 Å². The van der Waals surface area contributed by atoms with Gasteiger partial charge in [-0.15, -0.1) is 0 Å². The number of fused-ring (bicyclic) bond motifs is 1. The highest BCUT2D eigenvalue weighted by Crippen LogP contribution is 2.25. The van der Waals surface area contributed by atoms with Gasteiger partial charge in [0.05, 0.1) is 0 Å². The second-order valence-corrected chi connectivity index (χ2v) is 10.5. The Morgan fingerprint density at radius 2 is 1.87 bits per heavy atom. The molecule has 9 nitrogen and oxygen atoms in total. The zero-order chi connectivity index (χ0) is 27.3. The smallest absolute Gasteiger partial charge is 0.408 e. The molecule has 3 aromatic rings. The lowest BCUT2D eigenvalue weighted by Gasteiger charge is -2.37. The van der Waals surface area contributed by atoms with Crippen LogP contribution in [0.4, 0.5) is 10.6 Å². The summed E-state index contributed by atoms with van der Waals surface area (Å²) in [7, 11) is 0. The summed E-state index contributed by atoms with van der Waals surface area (Å²) in [5.74, 6) is -0.102. The number of nitrogens with zero attached hydrogens (tertiary/aromatic N) is 2. The first-order valence-electron chi connectivity index (χ1n) is 12.9. The van der Waals surface area contributed by atoms with Gasteiger partial charge >= 0.3 is 6.09 Å². The van der Waals surface area contributed by atoms with Gasteiger partial charge in [-0.1, -0.05) is 42.5 Å². The van der Waals surface area contributed by atoms with Gasteiger partial charge in [-0.2, -0.15) is 0 Å². The Morgan fingerprint density at radius 1 is 1.11 bits per heavy atom. The van der Waals surface area contributed by atoms with Crippen LogP contribution in [0.1, 0.15) is 57.2 Å². The Balaban J connectivity index is 1.49. The van der Waals surface area contributed by atoms with E-state index < -0.39 is 23.8 Å². The number of likely N-dealkylation sites (tertiary alicyclic amines) is 1. The highest BCUT2D eigenvalue weighted by Gasteiger charge is 2.37. The largest absolute Gasteiger partial charge is 0.444 e. The molecule has 1 aromatic heterocycles. The van der Waals surface area contributed by atoms with Crippen molar-refractivity contribution in [1.29, 1.82) is 0 Å². The number of carbonyl (C=O) groups excluding carboxylic acids is 3. The predicted octanol–water partition coefficient (Wildman–Crippen LogP) is 4.08. The van der Waals surface area contributed by atoms with Gasteiger partial charge in [0.2, 0.25) is 5.91 Å². The molecule has 0 aliphatic carbocycles. The zero-order valence-corrected chi connectivity index (χ0v) is 22.1. The maximum Gasteiger partial charge on any atom is 0.408 e. The number of ether oxygens (including phenoxy) is 1. The molecule has 200 valence electrons. The number of nitrogens with two attached hydrogens (primary N) is 1. The molecule has 0 spiro atoms. The number of piperidine rings is 1. The Kier molecular flexibility index (Phi) is 8.14. The molecule has 0 saturated carbocycles. The summed E-state index contributed by atoms with van der Waals surface area (Å²) in [6.07, 6.45) is 3.12. The van der Waals surface area contributed by atoms with Crippen molar-refractivity contribution in [2.45, 2.75) is 64.3 Å². The Bertz CT molecular complexity index is 1310. The van der Waals surface area contributed by atoms with Gasteiger partial charge in [-0.25, -0.2) is 9.78 Å². The van der Waals surface area contributed by atoms with E-state index in [0.29, 0.717) is 30.9 Å². The maximum absolute atomic E-state index is 13.8. The molecule has 1 aliphatic rings. The van der Waals surface area contributed by atoms with E-state index in [0.717, 1.165) is 29.2 Å². The van der Waals surface area contributed by atoms with Gasteiger partial charge in [0, 0.05) is 24.7 Å². The number of amides is 3. The molecule has 2 aromatic carbocycles. The minimum Gasteiger partial charge on any atom is -0.444 e. The number of nitrogens with one attached hydrogen (secondary N) is 2. The van der Waals surface area contributed by atoms with Crippen molar-refractivity contribution >= 4 is 34.5 Å². The van der Waals surface area contributed by atoms with Crippen LogP contribution in [0.2, 0.25) is 0 Å². The van der Waals surface area contributed by atoms with Crippen molar-refractivity contribution in [3.63, 3.8) is 0 Å². The first kappa shape index (κ1) is 26.9. The van der Waals surface area contributed by atoms with Crippen molar-refractivity contribution in [1.82, 2.24) is 20.5 Å². The average Bonchev–Trinajstić information content (AvgIpc) is 2.89. The topological polar surface area (TPSA) is 127 Å². The molecule has 0 bridgehead atoms. The molecule has 38 heavy (non-hydrogen) atoms. The Hall–Kier alpha value is -4.14. The number of aromatic nitrogens is 1. The predicted molar refractivity (Wildman–Crippen MR) is 146 cm³/mol. The fraction of sp³-hybridized carbons (Fsp3) is 0.379. The molecule has 4 N–H and O–H groups in total. The third-order valence-electron chi connectivity index (χ3n) is 6.46. The van der Waals surface area contributed by atoms with E-state index in [1.54, 1.807) is 56.1 Å². The normalized spacial score (nSPS) is 16.5. The summed E-state index contributed by atoms with van der Waals surface area (Å²) >= 11 is 0. The lowest BCUT2D eigenvalue weighted by atomic mass is 9.98. The van der Waals surface area contributed by atoms with Crippen LogP contribution in [0.15, 0.2) is 60.8 Å². The van der Waals surface area contributed by atoms with E-state index in [1.807, 2.05) is 30.3 Å². The van der Waals surface area contributed by atoms with E-state index in [4.69, 9.17) is 10.5 Å². The summed E-state index contributed by atoms with van der Waals surface area (Å²) in [6, 6.07) is 15.0. The van der Waals surface area contributed by atoms with E-state index in [1.165, 1.54) is 0 Å². The minimum absolute atomic E-state index is 0.225. The highest BCUT2D eigenvalue weighted by molar-refractivity contribution is 5.93. The lowest BCUT2D eigenvalue weighted by Crippen LogP contribution is -2.55. The second kappa shape index (κ2) is 11.5. The van der Waals surface area contributed by atoms with Gasteiger partial charge in [0.25, 0.3) is 5.91 Å². The van der Waals surface area contributed by atoms with Crippen molar-refractivity contribution in [2.24, 2.45) is 0 Å². The summed E-state index contributed by atoms with van der Waals surface area (Å²) in [6.45, 7) is 6.03. The molecule has 1 saturated heterocycles. The third-order valence-corrected chi connectivity index (χ3v) is 6.46. The number of carbonyl (C=O) groups is 3. The van der Waals surface area contributed by atoms with Gasteiger partial charge in [0.1, 0.15) is 23.5 Å². The van der Waals surface area contributed by atoms with Crippen LogP contribution < -0.4 is 16.4 Å². The molecule has 0 radical (unpaired) electrons. The maximum atomic E-state index is 13.8. The highest BCUT2D eigenvalue weighted by atomic mass is 16.6. The summed E-state index contributed by atoms with van der Waals surface area (Å²) in [5.41, 5.74) is 6.77. The fourth-order valence-electron chi connectivity index (χ4n) is 4.66. The minimum atomic E-state index is -0.973.